The van der Waals surface area contributed by atoms with E-state index >= 15 is 0 Å². The van der Waals surface area contributed by atoms with Crippen LogP contribution in [-0.4, -0.2) is 42.7 Å². The number of ether oxygens (including phenoxy) is 2. The summed E-state index contributed by atoms with van der Waals surface area (Å²) in [5.41, 5.74) is 1.13. The summed E-state index contributed by atoms with van der Waals surface area (Å²) in [5, 5.41) is 0. The van der Waals surface area contributed by atoms with Gasteiger partial charge in [-0.1, -0.05) is 23.8 Å². The predicted octanol–water partition coefficient (Wildman–Crippen LogP) is 6.43. The van der Waals surface area contributed by atoms with Crippen molar-refractivity contribution in [2.45, 2.75) is 69.9 Å². The monoisotopic (exact) mass is 519 g/mol. The van der Waals surface area contributed by atoms with Crippen molar-refractivity contribution in [3.63, 3.8) is 0 Å². The molecule has 4 nitrogen and oxygen atoms in total. The summed E-state index contributed by atoms with van der Waals surface area (Å²) in [6.07, 6.45) is -2.28. The van der Waals surface area contributed by atoms with E-state index in [4.69, 9.17) is 9.47 Å². The lowest BCUT2D eigenvalue weighted by Gasteiger charge is -2.41. The van der Waals surface area contributed by atoms with Gasteiger partial charge in [0.2, 0.25) is 5.91 Å². The summed E-state index contributed by atoms with van der Waals surface area (Å²) >= 11 is 0. The Kier molecular flexibility index (Phi) is 7.33. The second-order valence-electron chi connectivity index (χ2n) is 10.8. The van der Waals surface area contributed by atoms with Gasteiger partial charge in [-0.2, -0.15) is 13.2 Å². The first kappa shape index (κ1) is 26.2. The number of piperidine rings is 1. The lowest BCUT2D eigenvalue weighted by atomic mass is 9.74. The molecule has 200 valence electrons. The van der Waals surface area contributed by atoms with Crippen LogP contribution < -0.4 is 0 Å². The van der Waals surface area contributed by atoms with Crippen molar-refractivity contribution in [3.05, 3.63) is 70.5 Å². The maximum Gasteiger partial charge on any atom is 0.416 e. The SMILES string of the molecule is Cc1cc([C@@H](C)O[C@H]2CN3C(=O)CC(C4CCOCC4)CC3[C@@H]2c2ccc(F)cc2)cc(C(F)(F)F)c1. The van der Waals surface area contributed by atoms with Crippen LogP contribution >= 0.6 is 0 Å². The molecule has 8 heteroatoms. The Balaban J connectivity index is 1.43. The normalized spacial score (nSPS) is 27.8. The molecule has 2 unspecified atom stereocenters. The second kappa shape index (κ2) is 10.4. The summed E-state index contributed by atoms with van der Waals surface area (Å²) in [6, 6.07) is 10.2. The minimum Gasteiger partial charge on any atom is -0.381 e. The third-order valence-electron chi connectivity index (χ3n) is 8.36. The number of rotatable bonds is 5. The number of amides is 1. The molecule has 0 radical (unpaired) electrons. The number of aryl methyl sites for hydroxylation is 1. The molecule has 0 aromatic heterocycles. The van der Waals surface area contributed by atoms with Crippen LogP contribution in [0.15, 0.2) is 42.5 Å². The number of carbonyl (C=O) groups excluding carboxylic acids is 1. The van der Waals surface area contributed by atoms with Crippen LogP contribution in [0.25, 0.3) is 0 Å². The summed E-state index contributed by atoms with van der Waals surface area (Å²) in [6.45, 7) is 5.18. The first-order valence-electron chi connectivity index (χ1n) is 13.1. The standard InChI is InChI=1S/C29H33F4NO3/c1-17-11-21(13-23(12-17)29(31,32)33)18(2)37-26-16-34-25(28(26)20-3-5-24(30)6-4-20)14-22(15-27(34)35)19-7-9-36-10-8-19/h3-6,11-13,18-19,22,25-26,28H,7-10,14-16H2,1-2H3/t18-,22?,25?,26+,28+/m1/s1. The minimum atomic E-state index is -4.45. The van der Waals surface area contributed by atoms with Gasteiger partial charge in [0.05, 0.1) is 17.8 Å². The molecule has 3 fully saturated rings. The molecular weight excluding hydrogens is 486 g/mol. The zero-order valence-corrected chi connectivity index (χ0v) is 21.1. The van der Waals surface area contributed by atoms with E-state index in [-0.39, 0.29) is 29.6 Å². The molecule has 2 aromatic rings. The first-order valence-corrected chi connectivity index (χ1v) is 13.1. The molecule has 0 bridgehead atoms. The van der Waals surface area contributed by atoms with E-state index in [9.17, 15) is 22.4 Å². The zero-order chi connectivity index (χ0) is 26.3. The van der Waals surface area contributed by atoms with Crippen molar-refractivity contribution in [2.75, 3.05) is 19.8 Å². The fourth-order valence-electron chi connectivity index (χ4n) is 6.53. The first-order chi connectivity index (χ1) is 17.6. The molecule has 3 saturated heterocycles. The number of nitrogens with zero attached hydrogens (tertiary/aromatic N) is 1. The summed E-state index contributed by atoms with van der Waals surface area (Å²) in [4.78, 5) is 15.2. The van der Waals surface area contributed by atoms with Crippen LogP contribution in [0.1, 0.15) is 66.9 Å². The molecule has 1 amide bonds. The van der Waals surface area contributed by atoms with E-state index < -0.39 is 23.9 Å². The number of alkyl halides is 3. The molecule has 2 aromatic carbocycles. The van der Waals surface area contributed by atoms with Gasteiger partial charge in [-0.15, -0.1) is 0 Å². The number of halogens is 4. The van der Waals surface area contributed by atoms with Gasteiger partial charge in [-0.3, -0.25) is 4.79 Å². The Morgan fingerprint density at radius 2 is 1.76 bits per heavy atom. The van der Waals surface area contributed by atoms with Gasteiger partial charge in [0, 0.05) is 38.1 Å². The fraction of sp³-hybridized carbons (Fsp3) is 0.552. The Bertz CT molecular complexity index is 1110. The summed E-state index contributed by atoms with van der Waals surface area (Å²) in [5.74, 6) is 0.238. The lowest BCUT2D eigenvalue weighted by molar-refractivity contribution is -0.139. The van der Waals surface area contributed by atoms with Crippen LogP contribution in [0.4, 0.5) is 17.6 Å². The van der Waals surface area contributed by atoms with E-state index in [0.717, 1.165) is 37.0 Å². The highest BCUT2D eigenvalue weighted by Gasteiger charge is 2.50. The van der Waals surface area contributed by atoms with Crippen molar-refractivity contribution in [1.29, 1.82) is 0 Å². The fourth-order valence-corrected chi connectivity index (χ4v) is 6.53. The van der Waals surface area contributed by atoms with Gasteiger partial charge in [0.15, 0.2) is 0 Å². The Morgan fingerprint density at radius 1 is 1.05 bits per heavy atom. The van der Waals surface area contributed by atoms with E-state index in [0.29, 0.717) is 43.2 Å². The third-order valence-corrected chi connectivity index (χ3v) is 8.36. The van der Waals surface area contributed by atoms with Crippen molar-refractivity contribution in [1.82, 2.24) is 4.90 Å². The summed E-state index contributed by atoms with van der Waals surface area (Å²) in [7, 11) is 0. The van der Waals surface area contributed by atoms with Gasteiger partial charge in [0.25, 0.3) is 0 Å². The second-order valence-corrected chi connectivity index (χ2v) is 10.8. The van der Waals surface area contributed by atoms with E-state index in [1.165, 1.54) is 12.1 Å². The minimum absolute atomic E-state index is 0.0912. The Hall–Kier alpha value is -2.45. The molecule has 0 saturated carbocycles. The zero-order valence-electron chi connectivity index (χ0n) is 21.1. The average molecular weight is 520 g/mol. The number of carbonyl (C=O) groups is 1. The number of hydrogen-bond acceptors (Lipinski definition) is 3. The van der Waals surface area contributed by atoms with Crippen LogP contribution in [0, 0.1) is 24.6 Å². The van der Waals surface area contributed by atoms with Gasteiger partial charge in [0.1, 0.15) is 5.82 Å². The molecule has 5 atom stereocenters. The number of benzene rings is 2. The lowest BCUT2D eigenvalue weighted by Crippen LogP contribution is -2.46. The Morgan fingerprint density at radius 3 is 2.43 bits per heavy atom. The predicted molar refractivity (Wildman–Crippen MR) is 130 cm³/mol. The highest BCUT2D eigenvalue weighted by molar-refractivity contribution is 5.78. The van der Waals surface area contributed by atoms with E-state index in [2.05, 4.69) is 0 Å². The maximum atomic E-state index is 13.8. The smallest absolute Gasteiger partial charge is 0.381 e. The van der Waals surface area contributed by atoms with Gasteiger partial charge in [-0.05, 0) is 80.3 Å². The third kappa shape index (κ3) is 5.55. The average Bonchev–Trinajstić information content (AvgIpc) is 3.22. The van der Waals surface area contributed by atoms with Crippen LogP contribution in [0.2, 0.25) is 0 Å². The van der Waals surface area contributed by atoms with Crippen molar-refractivity contribution >= 4 is 5.91 Å². The summed E-state index contributed by atoms with van der Waals surface area (Å²) < 4.78 is 66.1. The quantitative estimate of drug-likeness (QED) is 0.428. The molecule has 0 N–H and O–H groups in total. The van der Waals surface area contributed by atoms with Crippen LogP contribution in [0.3, 0.4) is 0 Å². The maximum absolute atomic E-state index is 13.8. The molecule has 5 rings (SSSR count). The largest absolute Gasteiger partial charge is 0.416 e. The van der Waals surface area contributed by atoms with Crippen LogP contribution in [0.5, 0.6) is 0 Å². The van der Waals surface area contributed by atoms with Gasteiger partial charge >= 0.3 is 6.18 Å². The highest BCUT2D eigenvalue weighted by Crippen LogP contribution is 2.46. The number of hydrogen-bond donors (Lipinski definition) is 0. The Labute approximate surface area is 214 Å². The van der Waals surface area contributed by atoms with E-state index in [1.54, 1.807) is 32.0 Å². The van der Waals surface area contributed by atoms with Gasteiger partial charge < -0.3 is 14.4 Å². The molecule has 0 spiro atoms. The van der Waals surface area contributed by atoms with Gasteiger partial charge in [-0.25, -0.2) is 4.39 Å². The van der Waals surface area contributed by atoms with Crippen molar-refractivity contribution in [3.8, 4) is 0 Å². The molecular formula is C29H33F4NO3. The topological polar surface area (TPSA) is 38.8 Å². The highest BCUT2D eigenvalue weighted by atomic mass is 19.4. The van der Waals surface area contributed by atoms with Crippen molar-refractivity contribution < 1.29 is 31.8 Å². The van der Waals surface area contributed by atoms with E-state index in [1.807, 2.05) is 4.90 Å². The molecule has 3 aliphatic rings. The number of fused-ring (bicyclic) bond motifs is 1. The molecule has 0 aliphatic carbocycles. The molecule has 37 heavy (non-hydrogen) atoms. The molecule has 3 aliphatic heterocycles. The van der Waals surface area contributed by atoms with Crippen LogP contribution in [-0.2, 0) is 20.4 Å². The van der Waals surface area contributed by atoms with Crippen molar-refractivity contribution in [2.24, 2.45) is 11.8 Å². The molecule has 3 heterocycles.